The van der Waals surface area contributed by atoms with Gasteiger partial charge in [0.05, 0.1) is 25.3 Å². The molecular formula is C15H12BrNO5. The van der Waals surface area contributed by atoms with Gasteiger partial charge in [-0.25, -0.2) is 9.59 Å². The zero-order chi connectivity index (χ0) is 16.1. The summed E-state index contributed by atoms with van der Waals surface area (Å²) in [6.45, 7) is 0. The van der Waals surface area contributed by atoms with Gasteiger partial charge in [0.15, 0.2) is 11.5 Å². The van der Waals surface area contributed by atoms with Crippen molar-refractivity contribution in [2.24, 2.45) is 0 Å². The topological polar surface area (TPSA) is 74.7 Å². The number of esters is 2. The molecule has 0 aliphatic heterocycles. The molecule has 0 N–H and O–H groups in total. The number of pyridine rings is 1. The summed E-state index contributed by atoms with van der Waals surface area (Å²) in [5.41, 5.74) is 0.580. The molecule has 0 aliphatic rings. The molecule has 2 rings (SSSR count). The van der Waals surface area contributed by atoms with E-state index in [1.165, 1.54) is 38.6 Å². The molecule has 0 amide bonds. The van der Waals surface area contributed by atoms with Crippen molar-refractivity contribution < 1.29 is 23.8 Å². The molecule has 1 heterocycles. The fraction of sp³-hybridized carbons (Fsp3) is 0.133. The van der Waals surface area contributed by atoms with Crippen molar-refractivity contribution in [3.05, 3.63) is 52.3 Å². The van der Waals surface area contributed by atoms with Gasteiger partial charge in [0.25, 0.3) is 0 Å². The number of methoxy groups -OCH3 is 2. The summed E-state index contributed by atoms with van der Waals surface area (Å²) < 4.78 is 15.7. The molecule has 6 nitrogen and oxygen atoms in total. The zero-order valence-corrected chi connectivity index (χ0v) is 13.4. The Morgan fingerprint density at radius 3 is 2.41 bits per heavy atom. The molecule has 0 saturated heterocycles. The van der Waals surface area contributed by atoms with Gasteiger partial charge in [0, 0.05) is 16.9 Å². The Balaban J connectivity index is 2.25. The Kier molecular flexibility index (Phi) is 5.11. The molecular weight excluding hydrogens is 354 g/mol. The summed E-state index contributed by atoms with van der Waals surface area (Å²) in [4.78, 5) is 27.5. The van der Waals surface area contributed by atoms with Gasteiger partial charge in [0.1, 0.15) is 0 Å². The normalized spacial score (nSPS) is 9.95. The molecule has 1 aromatic heterocycles. The molecule has 0 aliphatic carbocycles. The van der Waals surface area contributed by atoms with Crippen LogP contribution in [0.1, 0.15) is 20.7 Å². The van der Waals surface area contributed by atoms with Gasteiger partial charge in [0.2, 0.25) is 0 Å². The summed E-state index contributed by atoms with van der Waals surface area (Å²) in [5.74, 6) is -0.649. The van der Waals surface area contributed by atoms with Crippen molar-refractivity contribution in [1.29, 1.82) is 0 Å². The van der Waals surface area contributed by atoms with Crippen LogP contribution in [0.25, 0.3) is 0 Å². The van der Waals surface area contributed by atoms with E-state index in [2.05, 4.69) is 25.7 Å². The Bertz CT molecular complexity index is 717. The van der Waals surface area contributed by atoms with Crippen LogP contribution in [0.2, 0.25) is 0 Å². The monoisotopic (exact) mass is 365 g/mol. The summed E-state index contributed by atoms with van der Waals surface area (Å²) >= 11 is 3.23. The molecule has 0 unspecified atom stereocenters. The van der Waals surface area contributed by atoms with Crippen molar-refractivity contribution in [2.45, 2.75) is 0 Å². The zero-order valence-electron chi connectivity index (χ0n) is 11.8. The largest absolute Gasteiger partial charge is 0.493 e. The number of hydrogen-bond donors (Lipinski definition) is 0. The van der Waals surface area contributed by atoms with Crippen LogP contribution in [-0.4, -0.2) is 31.1 Å². The minimum atomic E-state index is -0.585. The molecule has 0 saturated carbocycles. The number of nitrogens with zero attached hydrogens (tertiary/aromatic N) is 1. The van der Waals surface area contributed by atoms with Crippen molar-refractivity contribution in [2.75, 3.05) is 14.2 Å². The third-order valence-corrected chi connectivity index (χ3v) is 3.16. The molecule has 0 radical (unpaired) electrons. The Labute approximate surface area is 135 Å². The third-order valence-electron chi connectivity index (χ3n) is 2.73. The fourth-order valence-electron chi connectivity index (χ4n) is 1.68. The highest BCUT2D eigenvalue weighted by molar-refractivity contribution is 9.10. The summed E-state index contributed by atoms with van der Waals surface area (Å²) in [5, 5.41) is 0. The molecule has 1 aromatic carbocycles. The van der Waals surface area contributed by atoms with Gasteiger partial charge in [-0.2, -0.15) is 0 Å². The lowest BCUT2D eigenvalue weighted by molar-refractivity contribution is 0.0600. The van der Waals surface area contributed by atoms with Crippen LogP contribution in [0.4, 0.5) is 0 Å². The van der Waals surface area contributed by atoms with Crippen LogP contribution in [0.15, 0.2) is 41.1 Å². The van der Waals surface area contributed by atoms with E-state index in [1.54, 1.807) is 12.3 Å². The predicted molar refractivity (Wildman–Crippen MR) is 81.2 cm³/mol. The number of aromatic nitrogens is 1. The van der Waals surface area contributed by atoms with E-state index in [0.717, 1.165) is 0 Å². The van der Waals surface area contributed by atoms with Crippen LogP contribution in [0, 0.1) is 0 Å². The van der Waals surface area contributed by atoms with Crippen molar-refractivity contribution in [3.63, 3.8) is 0 Å². The molecule has 0 bridgehead atoms. The molecule has 0 atom stereocenters. The summed E-state index contributed by atoms with van der Waals surface area (Å²) in [6.07, 6.45) is 2.95. The molecule has 22 heavy (non-hydrogen) atoms. The second-order valence-electron chi connectivity index (χ2n) is 4.14. The minimum Gasteiger partial charge on any atom is -0.493 e. The number of halogens is 1. The molecule has 0 fully saturated rings. The number of ether oxygens (including phenoxy) is 3. The SMILES string of the molecule is COC(=O)c1ccc(OC(=O)c2cncc(Br)c2)c(OC)c1. The van der Waals surface area contributed by atoms with E-state index in [0.29, 0.717) is 10.0 Å². The average Bonchev–Trinajstić information content (AvgIpc) is 2.54. The first-order valence-corrected chi connectivity index (χ1v) is 6.93. The lowest BCUT2D eigenvalue weighted by atomic mass is 10.2. The van der Waals surface area contributed by atoms with Crippen molar-refractivity contribution in [3.8, 4) is 11.5 Å². The van der Waals surface area contributed by atoms with Crippen LogP contribution >= 0.6 is 15.9 Å². The summed E-state index contributed by atoms with van der Waals surface area (Å²) in [7, 11) is 2.69. The average molecular weight is 366 g/mol. The Morgan fingerprint density at radius 1 is 1.00 bits per heavy atom. The number of benzene rings is 1. The van der Waals surface area contributed by atoms with Crippen LogP contribution in [0.3, 0.4) is 0 Å². The minimum absolute atomic E-state index is 0.195. The number of carbonyl (C=O) groups excluding carboxylic acids is 2. The van der Waals surface area contributed by atoms with E-state index in [9.17, 15) is 9.59 Å². The van der Waals surface area contributed by atoms with E-state index in [-0.39, 0.29) is 17.1 Å². The first-order chi connectivity index (χ1) is 10.5. The maximum atomic E-state index is 12.1. The molecule has 0 spiro atoms. The first-order valence-electron chi connectivity index (χ1n) is 6.14. The second-order valence-corrected chi connectivity index (χ2v) is 5.05. The van der Waals surface area contributed by atoms with Crippen molar-refractivity contribution >= 4 is 27.9 Å². The van der Waals surface area contributed by atoms with Gasteiger partial charge in [-0.15, -0.1) is 0 Å². The maximum Gasteiger partial charge on any atom is 0.345 e. The van der Waals surface area contributed by atoms with E-state index in [1.807, 2.05) is 0 Å². The van der Waals surface area contributed by atoms with Crippen LogP contribution in [-0.2, 0) is 4.74 Å². The Morgan fingerprint density at radius 2 is 1.77 bits per heavy atom. The maximum absolute atomic E-state index is 12.1. The second kappa shape index (κ2) is 7.04. The highest BCUT2D eigenvalue weighted by atomic mass is 79.9. The van der Waals surface area contributed by atoms with E-state index >= 15 is 0 Å². The van der Waals surface area contributed by atoms with E-state index in [4.69, 9.17) is 9.47 Å². The van der Waals surface area contributed by atoms with Gasteiger partial charge >= 0.3 is 11.9 Å². The first kappa shape index (κ1) is 16.0. The fourth-order valence-corrected chi connectivity index (χ4v) is 2.04. The predicted octanol–water partition coefficient (Wildman–Crippen LogP) is 2.86. The lowest BCUT2D eigenvalue weighted by Gasteiger charge is -2.10. The number of rotatable bonds is 4. The highest BCUT2D eigenvalue weighted by Crippen LogP contribution is 2.29. The van der Waals surface area contributed by atoms with Crippen molar-refractivity contribution in [1.82, 2.24) is 4.98 Å². The highest BCUT2D eigenvalue weighted by Gasteiger charge is 2.15. The lowest BCUT2D eigenvalue weighted by Crippen LogP contribution is -2.10. The van der Waals surface area contributed by atoms with Gasteiger partial charge in [-0.05, 0) is 40.2 Å². The van der Waals surface area contributed by atoms with Gasteiger partial charge in [-0.3, -0.25) is 4.98 Å². The van der Waals surface area contributed by atoms with Crippen LogP contribution in [0.5, 0.6) is 11.5 Å². The molecule has 2 aromatic rings. The Hall–Kier alpha value is -2.41. The molecule has 114 valence electrons. The van der Waals surface area contributed by atoms with Gasteiger partial charge in [-0.1, -0.05) is 0 Å². The standard InChI is InChI=1S/C15H12BrNO5/c1-20-13-6-9(14(18)21-2)3-4-12(13)22-15(19)10-5-11(16)8-17-7-10/h3-8H,1-2H3. The third kappa shape index (κ3) is 3.62. The van der Waals surface area contributed by atoms with Gasteiger partial charge < -0.3 is 14.2 Å². The quantitative estimate of drug-likeness (QED) is 0.612. The van der Waals surface area contributed by atoms with Crippen LogP contribution < -0.4 is 9.47 Å². The summed E-state index contributed by atoms with van der Waals surface area (Å²) in [6, 6.07) is 5.97. The smallest absolute Gasteiger partial charge is 0.345 e. The molecule has 7 heteroatoms. The number of carbonyl (C=O) groups is 2. The van der Waals surface area contributed by atoms with E-state index < -0.39 is 11.9 Å². The number of hydrogen-bond acceptors (Lipinski definition) is 6.